The maximum atomic E-state index is 12.0. The molecular weight excluding hydrogens is 503 g/mol. The van der Waals surface area contributed by atoms with E-state index in [4.69, 9.17) is 14.2 Å². The summed E-state index contributed by atoms with van der Waals surface area (Å²) < 4.78 is 15.4. The molecule has 9 nitrogen and oxygen atoms in total. The van der Waals surface area contributed by atoms with Crippen molar-refractivity contribution in [1.82, 2.24) is 15.5 Å². The average Bonchev–Trinajstić information content (AvgIpc) is 2.64. The van der Waals surface area contributed by atoms with E-state index in [0.717, 1.165) is 5.56 Å². The molecule has 1 aliphatic rings. The molecule has 1 aromatic rings. The summed E-state index contributed by atoms with van der Waals surface area (Å²) in [5.74, 6) is 0.624. The van der Waals surface area contributed by atoms with E-state index in [2.05, 4.69) is 15.6 Å². The molecule has 168 valence electrons. The number of rotatable bonds is 5. The fourth-order valence-electron chi connectivity index (χ4n) is 2.74. The monoisotopic (exact) mass is 534 g/mol. The fourth-order valence-corrected chi connectivity index (χ4v) is 2.74. The maximum Gasteiger partial charge on any atom is 0.410 e. The summed E-state index contributed by atoms with van der Waals surface area (Å²) in [6.45, 7) is 7.13. The number of nitrogens with one attached hydrogen (secondary N) is 2. The number of halogens is 1. The van der Waals surface area contributed by atoms with E-state index >= 15 is 0 Å². The molecule has 0 aromatic heterocycles. The first-order valence-corrected chi connectivity index (χ1v) is 9.37. The molecule has 10 heteroatoms. The first-order valence-electron chi connectivity index (χ1n) is 9.37. The van der Waals surface area contributed by atoms with Crippen molar-refractivity contribution >= 4 is 42.0 Å². The van der Waals surface area contributed by atoms with Crippen molar-refractivity contribution in [1.29, 1.82) is 0 Å². The van der Waals surface area contributed by atoms with Gasteiger partial charge in [-0.1, -0.05) is 6.07 Å². The van der Waals surface area contributed by atoms with E-state index in [0.29, 0.717) is 36.9 Å². The number of guanidine groups is 1. The summed E-state index contributed by atoms with van der Waals surface area (Å²) >= 11 is 0. The van der Waals surface area contributed by atoms with Gasteiger partial charge in [0.25, 0.3) is 0 Å². The van der Waals surface area contributed by atoms with Crippen molar-refractivity contribution in [2.75, 3.05) is 34.4 Å². The highest BCUT2D eigenvalue weighted by atomic mass is 127. The molecule has 0 bridgehead atoms. The molecule has 30 heavy (non-hydrogen) atoms. The van der Waals surface area contributed by atoms with Gasteiger partial charge in [0.1, 0.15) is 16.9 Å². The van der Waals surface area contributed by atoms with Gasteiger partial charge in [-0.15, -0.1) is 24.0 Å². The second-order valence-electron chi connectivity index (χ2n) is 7.68. The van der Waals surface area contributed by atoms with Gasteiger partial charge in [-0.25, -0.2) is 9.59 Å². The zero-order valence-corrected chi connectivity index (χ0v) is 20.6. The number of ether oxygens (including phenoxy) is 3. The molecule has 1 saturated heterocycles. The number of carbonyl (C=O) groups is 2. The standard InChI is InChI=1S/C20H30N4O5.HI/c1-20(2,3)29-19(26)24-11-14(12-24)23-18(21-4)22-10-13-7-8-15(17(25)28-6)16(9-13)27-5;/h7-9,14H,10-12H2,1-6H3,(H2,21,22,23);1H. The molecule has 1 aliphatic heterocycles. The minimum Gasteiger partial charge on any atom is -0.496 e. The van der Waals surface area contributed by atoms with Crippen molar-refractivity contribution < 1.29 is 23.8 Å². The molecule has 2 rings (SSSR count). The molecule has 0 radical (unpaired) electrons. The van der Waals surface area contributed by atoms with Crippen LogP contribution < -0.4 is 15.4 Å². The van der Waals surface area contributed by atoms with Crippen molar-refractivity contribution in [2.24, 2.45) is 4.99 Å². The van der Waals surface area contributed by atoms with Crippen LogP contribution in [0.1, 0.15) is 36.7 Å². The van der Waals surface area contributed by atoms with Gasteiger partial charge in [-0.3, -0.25) is 4.99 Å². The van der Waals surface area contributed by atoms with Gasteiger partial charge in [0.2, 0.25) is 0 Å². The second kappa shape index (κ2) is 11.2. The van der Waals surface area contributed by atoms with Crippen LogP contribution in [0, 0.1) is 0 Å². The van der Waals surface area contributed by atoms with Gasteiger partial charge in [0.15, 0.2) is 5.96 Å². The third kappa shape index (κ3) is 7.22. The number of nitrogens with zero attached hydrogens (tertiary/aromatic N) is 2. The predicted molar refractivity (Wildman–Crippen MR) is 125 cm³/mol. The smallest absolute Gasteiger partial charge is 0.410 e. The lowest BCUT2D eigenvalue weighted by molar-refractivity contribution is 0.00699. The minimum atomic E-state index is -0.502. The minimum absolute atomic E-state index is 0. The van der Waals surface area contributed by atoms with Gasteiger partial charge in [0.05, 0.1) is 20.3 Å². The molecule has 1 amide bonds. The summed E-state index contributed by atoms with van der Waals surface area (Å²) in [4.78, 5) is 29.6. The maximum absolute atomic E-state index is 12.0. The molecule has 0 spiro atoms. The van der Waals surface area contributed by atoms with Crippen molar-refractivity contribution in [3.05, 3.63) is 29.3 Å². The lowest BCUT2D eigenvalue weighted by Gasteiger charge is -2.40. The SMILES string of the molecule is CN=C(NCc1ccc(C(=O)OC)c(OC)c1)NC1CN(C(=O)OC(C)(C)C)C1.I. The Labute approximate surface area is 194 Å². The number of esters is 1. The van der Waals surface area contributed by atoms with Crippen LogP contribution in [0.2, 0.25) is 0 Å². The highest BCUT2D eigenvalue weighted by Gasteiger charge is 2.34. The van der Waals surface area contributed by atoms with Gasteiger partial charge < -0.3 is 29.7 Å². The van der Waals surface area contributed by atoms with Crippen LogP contribution in [0.5, 0.6) is 5.75 Å². The first-order chi connectivity index (χ1) is 13.7. The quantitative estimate of drug-likeness (QED) is 0.259. The molecule has 0 atom stereocenters. The zero-order valence-electron chi connectivity index (χ0n) is 18.3. The van der Waals surface area contributed by atoms with Crippen LogP contribution >= 0.6 is 24.0 Å². The number of aliphatic imine (C=N–C) groups is 1. The van der Waals surface area contributed by atoms with Gasteiger partial charge >= 0.3 is 12.1 Å². The molecule has 1 heterocycles. The number of benzene rings is 1. The van der Waals surface area contributed by atoms with Gasteiger partial charge in [-0.05, 0) is 38.5 Å². The van der Waals surface area contributed by atoms with Crippen molar-refractivity contribution in [3.8, 4) is 5.75 Å². The van der Waals surface area contributed by atoms with Gasteiger partial charge in [-0.2, -0.15) is 0 Å². The molecule has 2 N–H and O–H groups in total. The fraction of sp³-hybridized carbons (Fsp3) is 0.550. The van der Waals surface area contributed by atoms with Crippen molar-refractivity contribution in [2.45, 2.75) is 39.0 Å². The number of methoxy groups -OCH3 is 2. The summed E-state index contributed by atoms with van der Waals surface area (Å²) in [5, 5.41) is 6.49. The molecule has 1 fully saturated rings. The Morgan fingerprint density at radius 3 is 2.43 bits per heavy atom. The van der Waals surface area contributed by atoms with Crippen LogP contribution in [-0.2, 0) is 16.0 Å². The summed E-state index contributed by atoms with van der Waals surface area (Å²) in [6.07, 6.45) is -0.309. The summed E-state index contributed by atoms with van der Waals surface area (Å²) in [5.41, 5.74) is 0.789. The van der Waals surface area contributed by atoms with E-state index in [1.54, 1.807) is 24.1 Å². The summed E-state index contributed by atoms with van der Waals surface area (Å²) in [6, 6.07) is 5.37. The average molecular weight is 534 g/mol. The molecule has 1 aromatic carbocycles. The largest absolute Gasteiger partial charge is 0.496 e. The number of hydrogen-bond acceptors (Lipinski definition) is 6. The van der Waals surface area contributed by atoms with Crippen molar-refractivity contribution in [3.63, 3.8) is 0 Å². The van der Waals surface area contributed by atoms with E-state index in [-0.39, 0.29) is 36.1 Å². The Morgan fingerprint density at radius 1 is 1.23 bits per heavy atom. The molecule has 0 aliphatic carbocycles. The first kappa shape index (κ1) is 25.8. The van der Waals surface area contributed by atoms with Crippen LogP contribution in [0.3, 0.4) is 0 Å². The number of hydrogen-bond donors (Lipinski definition) is 2. The molecule has 0 unspecified atom stereocenters. The number of carbonyl (C=O) groups excluding carboxylic acids is 2. The normalized spacial score (nSPS) is 14.2. The summed E-state index contributed by atoms with van der Waals surface area (Å²) in [7, 11) is 4.52. The molecule has 0 saturated carbocycles. The lowest BCUT2D eigenvalue weighted by atomic mass is 10.1. The van der Waals surface area contributed by atoms with E-state index in [9.17, 15) is 9.59 Å². The lowest BCUT2D eigenvalue weighted by Crippen LogP contribution is -2.63. The predicted octanol–water partition coefficient (Wildman–Crippen LogP) is 2.38. The Morgan fingerprint density at radius 2 is 1.90 bits per heavy atom. The topological polar surface area (TPSA) is 101 Å². The van der Waals surface area contributed by atoms with Crippen LogP contribution in [-0.4, -0.2) is 68.9 Å². The zero-order chi connectivity index (χ0) is 21.6. The van der Waals surface area contributed by atoms with E-state index in [1.807, 2.05) is 26.8 Å². The van der Waals surface area contributed by atoms with Crippen LogP contribution in [0.4, 0.5) is 4.79 Å². The Bertz CT molecular complexity index is 773. The Kier molecular flexibility index (Phi) is 9.66. The third-order valence-electron chi connectivity index (χ3n) is 4.23. The Hall–Kier alpha value is -2.24. The number of likely N-dealkylation sites (tertiary alicyclic amines) is 1. The van der Waals surface area contributed by atoms with E-state index < -0.39 is 11.6 Å². The van der Waals surface area contributed by atoms with Crippen LogP contribution in [0.15, 0.2) is 23.2 Å². The van der Waals surface area contributed by atoms with Crippen LogP contribution in [0.25, 0.3) is 0 Å². The number of amides is 1. The highest BCUT2D eigenvalue weighted by Crippen LogP contribution is 2.21. The van der Waals surface area contributed by atoms with Gasteiger partial charge in [0, 0.05) is 26.7 Å². The third-order valence-corrected chi connectivity index (χ3v) is 4.23. The highest BCUT2D eigenvalue weighted by molar-refractivity contribution is 14.0. The van der Waals surface area contributed by atoms with E-state index in [1.165, 1.54) is 14.2 Å². The molecular formula is C20H31IN4O5. The Balaban J connectivity index is 0.00000450. The second-order valence-corrected chi connectivity index (χ2v) is 7.68.